The van der Waals surface area contributed by atoms with Crippen molar-refractivity contribution in [1.29, 1.82) is 0 Å². The second kappa shape index (κ2) is 50.5. The average Bonchev–Trinajstić information content (AvgIpc) is 1.63. The van der Waals surface area contributed by atoms with E-state index in [1.807, 2.05) is 0 Å². The van der Waals surface area contributed by atoms with E-state index in [0.717, 1.165) is 31.2 Å². The van der Waals surface area contributed by atoms with E-state index in [1.165, 1.54) is 82.7 Å². The number of halogens is 13. The Hall–Kier alpha value is -11.4. The predicted molar refractivity (Wildman–Crippen MR) is 519 cm³/mol. The van der Waals surface area contributed by atoms with Gasteiger partial charge in [-0.15, -0.1) is 0 Å². The average molecular weight is 2090 g/mol. The first-order valence-corrected chi connectivity index (χ1v) is 46.1. The molecule has 3 heterocycles. The van der Waals surface area contributed by atoms with Crippen LogP contribution in [0.4, 0.5) is 73.6 Å². The van der Waals surface area contributed by atoms with Gasteiger partial charge >= 0.3 is 55.3 Å². The number of carbonyl (C=O) groups excluding carboxylic acids is 5. The van der Waals surface area contributed by atoms with Crippen molar-refractivity contribution in [2.24, 2.45) is 35.5 Å². The minimum atomic E-state index is -4.67. The van der Waals surface area contributed by atoms with Crippen molar-refractivity contribution in [3.63, 3.8) is 0 Å². The number of nitrogen functional groups attached to an aromatic ring is 1. The molecule has 26 nitrogen and oxygen atoms in total. The van der Waals surface area contributed by atoms with Gasteiger partial charge in [0.15, 0.2) is 0 Å². The maximum atomic E-state index is 14.1. The van der Waals surface area contributed by atoms with Crippen LogP contribution in [0.1, 0.15) is 128 Å². The molecule has 40 heteroatoms. The molecular weight excluding hydrogens is 1980 g/mol. The summed E-state index contributed by atoms with van der Waals surface area (Å²) in [5, 5.41) is 17.0. The number of rotatable bonds is 31. The molecule has 3 saturated carbocycles. The molecule has 141 heavy (non-hydrogen) atoms. The fraction of sp³-hybridized carbons (Fsp3) is 0.406. The van der Waals surface area contributed by atoms with E-state index in [1.54, 1.807) is 135 Å². The third-order valence-electron chi connectivity index (χ3n) is 24.1. The second-order valence-electron chi connectivity index (χ2n) is 33.8. The number of ether oxygens (including phenoxy) is 11. The molecule has 3 unspecified atom stereocenters. The topological polar surface area (TPSA) is 317 Å². The molecule has 3 fully saturated rings. The van der Waals surface area contributed by atoms with Crippen LogP contribution in [-0.2, 0) is 76.0 Å². The largest absolute Gasteiger partial charge is 1.00 e. The van der Waals surface area contributed by atoms with E-state index in [2.05, 4.69) is 70.8 Å². The van der Waals surface area contributed by atoms with E-state index >= 15 is 0 Å². The van der Waals surface area contributed by atoms with Crippen LogP contribution < -0.4 is 92.6 Å². The van der Waals surface area contributed by atoms with Crippen molar-refractivity contribution in [3.05, 3.63) is 229 Å². The van der Waals surface area contributed by atoms with Crippen LogP contribution in [0.15, 0.2) is 164 Å². The predicted octanol–water partition coefficient (Wildman–Crippen LogP) is 19.0. The molecule has 6 N–H and O–H groups in total. The normalized spacial score (nSPS) is 17.1. The third kappa shape index (κ3) is 29.9. The summed E-state index contributed by atoms with van der Waals surface area (Å²) in [4.78, 5) is 81.1. The molecule has 0 aromatic heterocycles. The number of aliphatic carboxylic acids is 1. The van der Waals surface area contributed by atoms with Crippen molar-refractivity contribution in [2.75, 3.05) is 134 Å². The van der Waals surface area contributed by atoms with Gasteiger partial charge in [0.1, 0.15) is 68.7 Å². The molecule has 6 aliphatic rings. The van der Waals surface area contributed by atoms with Crippen LogP contribution in [-0.4, -0.2) is 166 Å². The Morgan fingerprint density at radius 1 is 0.440 bits per heavy atom. The van der Waals surface area contributed by atoms with Gasteiger partial charge in [0, 0.05) is 153 Å². The SMILES string of the molecule is C.CCN(C(C)C)C(C)C.COC(=O)[C@@H]1C[C@H]1COc1cc(N)cc(OC)c1.COC(=O)[C@@H]1C[C@H]1COc1cc(NC(C(=O)N2CCc3cc(OC)c(C(F)(F)F)cc32)c2ccc(Cl)cc2)cc(OC)c1.COc1cc(NC(C(=O)N2CCc3cc(OC)c(C(F)(F)F)cc32)c2ccc(Cl)cc2)cc(OC[C@@H]2C[C@H]2C(=O)O)c1.COc1cc2c(cc1C(F)(F)F)N(C(=O)C(Br)c1ccc(Cl)cc1)CC2.[Li+].[OH-]. The monoisotopic (exact) mass is 2090 g/mol. The van der Waals surface area contributed by atoms with Crippen LogP contribution >= 0.6 is 50.7 Å². The summed E-state index contributed by atoms with van der Waals surface area (Å²) in [6.45, 7) is 14.0. The van der Waals surface area contributed by atoms with Gasteiger partial charge in [-0.1, -0.05) is 101 Å². The molecule has 9 atom stereocenters. The number of methoxy groups -OCH3 is 8. The van der Waals surface area contributed by atoms with Gasteiger partial charge in [-0.2, -0.15) is 39.5 Å². The molecule has 9 aromatic rings. The van der Waals surface area contributed by atoms with E-state index in [-0.39, 0.29) is 133 Å². The first-order chi connectivity index (χ1) is 65.4. The van der Waals surface area contributed by atoms with Gasteiger partial charge < -0.3 is 93.8 Å². The Morgan fingerprint density at radius 3 is 1.01 bits per heavy atom. The Morgan fingerprint density at radius 2 is 0.730 bits per heavy atom. The molecule has 0 radical (unpaired) electrons. The van der Waals surface area contributed by atoms with Crippen LogP contribution in [0.3, 0.4) is 0 Å². The number of hydrogen-bond donors (Lipinski definition) is 4. The van der Waals surface area contributed by atoms with Gasteiger partial charge in [0.05, 0.1) is 111 Å². The molecule has 0 bridgehead atoms. The quantitative estimate of drug-likeness (QED) is 0.0103. The maximum absolute atomic E-state index is 14.1. The summed E-state index contributed by atoms with van der Waals surface area (Å²) in [7, 11) is 10.9. The standard InChI is InChI=1S/C31H30ClF3N2O6.C30H28ClF3N2O6.C18H14BrClF3NO2.C13H17NO4.C8H19N.CH4.Li.H2O/c1-40-22-12-21(13-23(14-22)43-16-19-10-24(19)30(39)42-3)36-28(17-4-6-20(32)7-5-17)29(38)37-9-8-18-11-27(41-2)25(15-26(18)37)31(33,34)35;1-40-21-11-20(12-22(13-21)42-15-18-9-23(18)29(38)39)35-27(16-3-5-19(31)6-4-16)28(37)36-8-7-17-10-26(41-2)24(14-25(17)36)30(32,33)34;1-26-15-8-11-6-7-24(14(11)9-13(15)18(21,22)23)17(25)16(19)10-2-4-12(20)5-3-10;1-16-10-4-9(14)5-11(6-10)18-7-8-3-12(8)13(15)17-2;1-6-9(7(2)3)8(4)5;;;/h4-7,11-15,19,24,28,36H,8-10,16H2,1-3H3;3-6,10-14,18,23,27,35H,7-9,15H2,1-2H3,(H,38,39);2-5,8-9,16H,6-7H2,1H3;4-6,8,12H,3,7,14H2,1-2H3;7-8H,6H2,1-5H3;1H4;;1H2/q;;;;;;+1;/p-1/t19-,24+,28?;18-,23+,27?;;8-,12+;;;;/m00.0..../s1. The molecule has 3 aliphatic heterocycles. The molecule has 3 amide bonds. The van der Waals surface area contributed by atoms with Gasteiger partial charge in [0.2, 0.25) is 5.91 Å². The zero-order valence-electron chi connectivity index (χ0n) is 79.2. The summed E-state index contributed by atoms with van der Waals surface area (Å²) >= 11 is 21.4. The molecule has 15 rings (SSSR count). The Bertz CT molecular complexity index is 5790. The molecule has 3 aliphatic carbocycles. The fourth-order valence-electron chi connectivity index (χ4n) is 16.5. The van der Waals surface area contributed by atoms with Crippen LogP contribution in [0, 0.1) is 35.5 Å². The van der Waals surface area contributed by atoms with Crippen LogP contribution in [0.25, 0.3) is 0 Å². The van der Waals surface area contributed by atoms with Gasteiger partial charge in [0.25, 0.3) is 11.8 Å². The molecule has 758 valence electrons. The Kier molecular flexibility index (Phi) is 41.2. The molecule has 0 saturated heterocycles. The number of nitrogens with two attached hydrogens (primary N) is 1. The fourth-order valence-corrected chi connectivity index (χ4v) is 17.4. The number of alkyl halides is 10. The number of carbonyl (C=O) groups is 6. The molecule has 9 aromatic carbocycles. The van der Waals surface area contributed by atoms with E-state index in [9.17, 15) is 68.3 Å². The van der Waals surface area contributed by atoms with Crippen molar-refractivity contribution >= 4 is 120 Å². The smallest absolute Gasteiger partial charge is 0.870 e. The second-order valence-corrected chi connectivity index (χ2v) is 36.0. The summed E-state index contributed by atoms with van der Waals surface area (Å²) < 4.78 is 180. The van der Waals surface area contributed by atoms with Gasteiger partial charge in [-0.3, -0.25) is 33.7 Å². The number of anilines is 6. The number of esters is 2. The van der Waals surface area contributed by atoms with Crippen LogP contribution in [0.5, 0.6) is 51.7 Å². The summed E-state index contributed by atoms with van der Waals surface area (Å²) in [5.41, 5.74) is 8.61. The van der Waals surface area contributed by atoms with Crippen molar-refractivity contribution < 1.29 is 150 Å². The minimum absolute atomic E-state index is 0. The Labute approximate surface area is 848 Å². The summed E-state index contributed by atoms with van der Waals surface area (Å²) in [5.74, 6) is -0.767. The number of hydrogen-bond acceptors (Lipinski definition) is 22. The summed E-state index contributed by atoms with van der Waals surface area (Å²) in [6.07, 6.45) is -10.7. The summed E-state index contributed by atoms with van der Waals surface area (Å²) in [6, 6.07) is 41.5. The minimum Gasteiger partial charge on any atom is -0.870 e. The van der Waals surface area contributed by atoms with Gasteiger partial charge in [-0.05, 0) is 179 Å². The zero-order chi connectivity index (χ0) is 101. The van der Waals surface area contributed by atoms with E-state index < -0.39 is 75.8 Å². The Balaban J connectivity index is 0.000000231. The molecule has 0 spiro atoms. The number of amides is 3. The van der Waals surface area contributed by atoms with Crippen molar-refractivity contribution in [2.45, 2.75) is 128 Å². The zero-order valence-corrected chi connectivity index (χ0v) is 83.1. The number of fused-ring (bicyclic) bond motifs is 3. The van der Waals surface area contributed by atoms with Gasteiger partial charge in [-0.25, -0.2) is 0 Å². The number of benzene rings is 9. The number of nitrogens with zero attached hydrogens (tertiary/aromatic N) is 4. The van der Waals surface area contributed by atoms with E-state index in [0.29, 0.717) is 164 Å². The van der Waals surface area contributed by atoms with E-state index in [4.69, 9.17) is 93.0 Å². The number of carboxylic acid groups (broad SMARTS) is 1. The van der Waals surface area contributed by atoms with Crippen molar-refractivity contribution in [3.8, 4) is 51.7 Å². The first-order valence-electron chi connectivity index (χ1n) is 44.0. The number of nitrogens with one attached hydrogen (secondary N) is 2. The van der Waals surface area contributed by atoms with Crippen molar-refractivity contribution in [1.82, 2.24) is 4.90 Å². The number of carboxylic acids is 1. The van der Waals surface area contributed by atoms with Crippen LogP contribution in [0.2, 0.25) is 15.1 Å². The third-order valence-corrected chi connectivity index (χ3v) is 25.7. The molecular formula is C101H113BrCl3F9LiN7O19. The maximum Gasteiger partial charge on any atom is 1.00 e. The first kappa shape index (κ1) is 115.